The molecule has 0 saturated heterocycles. The molecule has 5 nitrogen and oxygen atoms in total. The van der Waals surface area contributed by atoms with Crippen LogP contribution < -0.4 is 10.5 Å². The normalized spacial score (nSPS) is 10.2. The molecule has 0 bridgehead atoms. The Morgan fingerprint density at radius 3 is 2.80 bits per heavy atom. The number of ether oxygens (including phenoxy) is 1. The molecule has 0 aliphatic rings. The van der Waals surface area contributed by atoms with Crippen molar-refractivity contribution >= 4 is 5.91 Å². The van der Waals surface area contributed by atoms with Gasteiger partial charge in [-0.3, -0.25) is 9.78 Å². The molecule has 1 amide bonds. The lowest BCUT2D eigenvalue weighted by atomic mass is 10.1. The van der Waals surface area contributed by atoms with Crippen LogP contribution in [0, 0.1) is 0 Å². The molecule has 20 heavy (non-hydrogen) atoms. The van der Waals surface area contributed by atoms with Gasteiger partial charge in [-0.25, -0.2) is 4.98 Å². The lowest BCUT2D eigenvalue weighted by Gasteiger charge is -2.07. The third-order valence-corrected chi connectivity index (χ3v) is 2.80. The topological polar surface area (TPSA) is 78.1 Å². The summed E-state index contributed by atoms with van der Waals surface area (Å²) >= 11 is 0. The van der Waals surface area contributed by atoms with Crippen LogP contribution in [0.2, 0.25) is 0 Å². The number of hydrogen-bond acceptors (Lipinski definition) is 4. The van der Waals surface area contributed by atoms with Gasteiger partial charge in [-0.1, -0.05) is 25.5 Å². The quantitative estimate of drug-likeness (QED) is 0.818. The number of carbonyl (C=O) groups excluding carboxylic acids is 1. The Morgan fingerprint density at radius 2 is 2.15 bits per heavy atom. The van der Waals surface area contributed by atoms with E-state index in [0.29, 0.717) is 12.3 Å². The number of primary amides is 1. The molecule has 2 aromatic rings. The zero-order valence-electron chi connectivity index (χ0n) is 11.4. The SMILES string of the molecule is CCCCOc1cccc(-c2cnc(C(N)=O)cn2)c1. The number of nitrogens with two attached hydrogens (primary N) is 1. The minimum Gasteiger partial charge on any atom is -0.494 e. The standard InChI is InChI=1S/C15H17N3O2/c1-2-3-7-20-12-6-4-5-11(8-12)13-9-18-14(10-17-13)15(16)19/h4-6,8-10H,2-3,7H2,1H3,(H2,16,19). The number of carbonyl (C=O) groups is 1. The summed E-state index contributed by atoms with van der Waals surface area (Å²) in [5, 5.41) is 0. The minimum atomic E-state index is -0.583. The maximum absolute atomic E-state index is 10.9. The Balaban J connectivity index is 2.15. The van der Waals surface area contributed by atoms with E-state index in [4.69, 9.17) is 10.5 Å². The number of nitrogens with zero attached hydrogens (tertiary/aromatic N) is 2. The highest BCUT2D eigenvalue weighted by Crippen LogP contribution is 2.21. The Hall–Kier alpha value is -2.43. The van der Waals surface area contributed by atoms with Gasteiger partial charge >= 0.3 is 0 Å². The molecule has 104 valence electrons. The third kappa shape index (κ3) is 3.54. The van der Waals surface area contributed by atoms with Crippen molar-refractivity contribution in [1.29, 1.82) is 0 Å². The fraction of sp³-hybridized carbons (Fsp3) is 0.267. The number of unbranched alkanes of at least 4 members (excludes halogenated alkanes) is 1. The molecule has 1 aromatic carbocycles. The first kappa shape index (κ1) is 14.0. The van der Waals surface area contributed by atoms with E-state index < -0.39 is 5.91 Å². The van der Waals surface area contributed by atoms with Crippen LogP contribution in [0.5, 0.6) is 5.75 Å². The van der Waals surface area contributed by atoms with Crippen LogP contribution in [0.15, 0.2) is 36.7 Å². The molecule has 0 radical (unpaired) electrons. The smallest absolute Gasteiger partial charge is 0.268 e. The van der Waals surface area contributed by atoms with Gasteiger partial charge in [0.1, 0.15) is 11.4 Å². The Morgan fingerprint density at radius 1 is 1.30 bits per heavy atom. The van der Waals surface area contributed by atoms with Crippen LogP contribution in [-0.4, -0.2) is 22.5 Å². The van der Waals surface area contributed by atoms with E-state index in [1.54, 1.807) is 0 Å². The van der Waals surface area contributed by atoms with E-state index in [0.717, 1.165) is 24.2 Å². The summed E-state index contributed by atoms with van der Waals surface area (Å²) in [6.45, 7) is 2.82. The molecule has 0 saturated carbocycles. The highest BCUT2D eigenvalue weighted by atomic mass is 16.5. The van der Waals surface area contributed by atoms with Gasteiger partial charge in [0.25, 0.3) is 5.91 Å². The van der Waals surface area contributed by atoms with Gasteiger partial charge in [-0.2, -0.15) is 0 Å². The first-order chi connectivity index (χ1) is 9.70. The van der Waals surface area contributed by atoms with Gasteiger partial charge < -0.3 is 10.5 Å². The monoisotopic (exact) mass is 271 g/mol. The molecule has 0 unspecified atom stereocenters. The molecule has 0 spiro atoms. The summed E-state index contributed by atoms with van der Waals surface area (Å²) in [5.41, 5.74) is 6.86. The van der Waals surface area contributed by atoms with E-state index in [2.05, 4.69) is 16.9 Å². The summed E-state index contributed by atoms with van der Waals surface area (Å²) in [7, 11) is 0. The lowest BCUT2D eigenvalue weighted by Crippen LogP contribution is -2.13. The van der Waals surface area contributed by atoms with E-state index in [1.807, 2.05) is 24.3 Å². The highest BCUT2D eigenvalue weighted by Gasteiger charge is 2.05. The highest BCUT2D eigenvalue weighted by molar-refractivity contribution is 5.90. The van der Waals surface area contributed by atoms with Gasteiger partial charge in [0.15, 0.2) is 0 Å². The fourth-order valence-corrected chi connectivity index (χ4v) is 1.68. The number of benzene rings is 1. The van der Waals surface area contributed by atoms with Crippen LogP contribution in [-0.2, 0) is 0 Å². The van der Waals surface area contributed by atoms with Crippen LogP contribution in [0.4, 0.5) is 0 Å². The zero-order chi connectivity index (χ0) is 14.4. The summed E-state index contributed by atoms with van der Waals surface area (Å²) in [6.07, 6.45) is 5.03. The van der Waals surface area contributed by atoms with E-state index >= 15 is 0 Å². The van der Waals surface area contributed by atoms with Gasteiger partial charge in [-0.05, 0) is 18.6 Å². The number of aromatic nitrogens is 2. The third-order valence-electron chi connectivity index (χ3n) is 2.80. The van der Waals surface area contributed by atoms with E-state index in [1.165, 1.54) is 12.4 Å². The molecule has 0 fully saturated rings. The molecular formula is C15H17N3O2. The van der Waals surface area contributed by atoms with Gasteiger partial charge in [0.05, 0.1) is 24.7 Å². The van der Waals surface area contributed by atoms with Crippen molar-refractivity contribution in [3.63, 3.8) is 0 Å². The second kappa shape index (κ2) is 6.65. The van der Waals surface area contributed by atoms with E-state index in [9.17, 15) is 4.79 Å². The maximum Gasteiger partial charge on any atom is 0.268 e. The fourth-order valence-electron chi connectivity index (χ4n) is 1.68. The molecule has 2 N–H and O–H groups in total. The van der Waals surface area contributed by atoms with Crippen molar-refractivity contribution in [2.24, 2.45) is 5.73 Å². The number of hydrogen-bond donors (Lipinski definition) is 1. The van der Waals surface area contributed by atoms with Crippen molar-refractivity contribution in [2.75, 3.05) is 6.61 Å². The summed E-state index contributed by atoms with van der Waals surface area (Å²) in [4.78, 5) is 19.1. The molecule has 0 aliphatic carbocycles. The summed E-state index contributed by atoms with van der Waals surface area (Å²) < 4.78 is 5.65. The molecule has 1 aromatic heterocycles. The van der Waals surface area contributed by atoms with Crippen LogP contribution >= 0.6 is 0 Å². The van der Waals surface area contributed by atoms with Gasteiger partial charge in [-0.15, -0.1) is 0 Å². The molecular weight excluding hydrogens is 254 g/mol. The van der Waals surface area contributed by atoms with Gasteiger partial charge in [0.2, 0.25) is 0 Å². The Kier molecular flexibility index (Phi) is 4.65. The molecule has 0 aliphatic heterocycles. The van der Waals surface area contributed by atoms with Crippen LogP contribution in [0.25, 0.3) is 11.3 Å². The first-order valence-corrected chi connectivity index (χ1v) is 6.56. The molecule has 2 rings (SSSR count). The summed E-state index contributed by atoms with van der Waals surface area (Å²) in [5.74, 6) is 0.220. The summed E-state index contributed by atoms with van der Waals surface area (Å²) in [6, 6.07) is 7.63. The predicted molar refractivity (Wildman–Crippen MR) is 76.4 cm³/mol. The van der Waals surface area contributed by atoms with Crippen molar-refractivity contribution in [1.82, 2.24) is 9.97 Å². The largest absolute Gasteiger partial charge is 0.494 e. The Labute approximate surface area is 117 Å². The second-order valence-corrected chi connectivity index (χ2v) is 4.38. The van der Waals surface area contributed by atoms with Crippen molar-refractivity contribution in [3.05, 3.63) is 42.4 Å². The van der Waals surface area contributed by atoms with Crippen molar-refractivity contribution in [2.45, 2.75) is 19.8 Å². The lowest BCUT2D eigenvalue weighted by molar-refractivity contribution is 0.0995. The predicted octanol–water partition coefficient (Wildman–Crippen LogP) is 2.42. The minimum absolute atomic E-state index is 0.157. The molecule has 1 heterocycles. The van der Waals surface area contributed by atoms with Gasteiger partial charge in [0, 0.05) is 5.56 Å². The Bertz CT molecular complexity index is 582. The maximum atomic E-state index is 10.9. The van der Waals surface area contributed by atoms with Crippen LogP contribution in [0.1, 0.15) is 30.3 Å². The average Bonchev–Trinajstić information content (AvgIpc) is 2.48. The first-order valence-electron chi connectivity index (χ1n) is 6.56. The average molecular weight is 271 g/mol. The van der Waals surface area contributed by atoms with Crippen molar-refractivity contribution in [3.8, 4) is 17.0 Å². The number of rotatable bonds is 6. The molecule has 5 heteroatoms. The second-order valence-electron chi connectivity index (χ2n) is 4.38. The van der Waals surface area contributed by atoms with Crippen molar-refractivity contribution < 1.29 is 9.53 Å². The molecule has 0 atom stereocenters. The van der Waals surface area contributed by atoms with Crippen LogP contribution in [0.3, 0.4) is 0 Å². The number of amides is 1. The zero-order valence-corrected chi connectivity index (χ0v) is 11.4. The van der Waals surface area contributed by atoms with E-state index in [-0.39, 0.29) is 5.69 Å².